The Morgan fingerprint density at radius 2 is 2.00 bits per heavy atom. The van der Waals surface area contributed by atoms with Gasteiger partial charge in [0.2, 0.25) is 5.95 Å². The SMILES string of the molecule is CCN(CC)c1nc(C)cc(C(=O)Nc2ncc(C)s2)n1. The van der Waals surface area contributed by atoms with Gasteiger partial charge in [0.25, 0.3) is 5.91 Å². The predicted octanol–water partition coefficient (Wildman–Crippen LogP) is 2.65. The van der Waals surface area contributed by atoms with E-state index in [4.69, 9.17) is 0 Å². The first-order valence-electron chi connectivity index (χ1n) is 6.87. The van der Waals surface area contributed by atoms with E-state index >= 15 is 0 Å². The highest BCUT2D eigenvalue weighted by molar-refractivity contribution is 7.15. The minimum Gasteiger partial charge on any atom is -0.341 e. The van der Waals surface area contributed by atoms with Gasteiger partial charge in [-0.1, -0.05) is 0 Å². The van der Waals surface area contributed by atoms with Crippen LogP contribution in [-0.4, -0.2) is 33.9 Å². The second-order valence-electron chi connectivity index (χ2n) is 4.60. The van der Waals surface area contributed by atoms with Gasteiger partial charge >= 0.3 is 0 Å². The summed E-state index contributed by atoms with van der Waals surface area (Å²) in [4.78, 5) is 28.2. The molecule has 112 valence electrons. The summed E-state index contributed by atoms with van der Waals surface area (Å²) in [5.41, 5.74) is 1.13. The Labute approximate surface area is 128 Å². The Hall–Kier alpha value is -2.02. The molecule has 21 heavy (non-hydrogen) atoms. The number of aryl methyl sites for hydroxylation is 2. The van der Waals surface area contributed by atoms with Crippen molar-refractivity contribution in [3.8, 4) is 0 Å². The van der Waals surface area contributed by atoms with E-state index in [0.29, 0.717) is 16.8 Å². The number of carbonyl (C=O) groups is 1. The molecular weight excluding hydrogens is 286 g/mol. The topological polar surface area (TPSA) is 71.0 Å². The summed E-state index contributed by atoms with van der Waals surface area (Å²) in [5.74, 6) is 0.323. The van der Waals surface area contributed by atoms with E-state index in [2.05, 4.69) is 20.3 Å². The number of aromatic nitrogens is 3. The van der Waals surface area contributed by atoms with Crippen molar-refractivity contribution in [2.45, 2.75) is 27.7 Å². The molecule has 2 heterocycles. The van der Waals surface area contributed by atoms with E-state index in [1.807, 2.05) is 32.6 Å². The van der Waals surface area contributed by atoms with Crippen molar-refractivity contribution < 1.29 is 4.79 Å². The predicted molar refractivity (Wildman–Crippen MR) is 85.1 cm³/mol. The highest BCUT2D eigenvalue weighted by Crippen LogP contribution is 2.18. The maximum absolute atomic E-state index is 12.3. The van der Waals surface area contributed by atoms with Crippen LogP contribution in [0.2, 0.25) is 0 Å². The van der Waals surface area contributed by atoms with Crippen molar-refractivity contribution >= 4 is 28.3 Å². The lowest BCUT2D eigenvalue weighted by molar-refractivity contribution is 0.102. The van der Waals surface area contributed by atoms with E-state index in [1.165, 1.54) is 11.3 Å². The summed E-state index contributed by atoms with van der Waals surface area (Å²) < 4.78 is 0. The highest BCUT2D eigenvalue weighted by Gasteiger charge is 2.14. The molecule has 0 aliphatic rings. The van der Waals surface area contributed by atoms with Crippen LogP contribution in [0.25, 0.3) is 0 Å². The number of hydrogen-bond donors (Lipinski definition) is 1. The van der Waals surface area contributed by atoms with E-state index in [9.17, 15) is 4.79 Å². The van der Waals surface area contributed by atoms with Crippen LogP contribution < -0.4 is 10.2 Å². The summed E-state index contributed by atoms with van der Waals surface area (Å²) in [5, 5.41) is 3.35. The van der Waals surface area contributed by atoms with Crippen LogP contribution in [0.4, 0.5) is 11.1 Å². The van der Waals surface area contributed by atoms with Gasteiger partial charge in [-0.25, -0.2) is 15.0 Å². The van der Waals surface area contributed by atoms with Gasteiger partial charge in [-0.3, -0.25) is 10.1 Å². The lowest BCUT2D eigenvalue weighted by atomic mass is 10.3. The average molecular weight is 305 g/mol. The third-order valence-corrected chi connectivity index (χ3v) is 3.79. The quantitative estimate of drug-likeness (QED) is 0.919. The molecule has 0 fully saturated rings. The van der Waals surface area contributed by atoms with E-state index in [1.54, 1.807) is 12.3 Å². The third kappa shape index (κ3) is 3.75. The third-order valence-electron chi connectivity index (χ3n) is 2.96. The largest absolute Gasteiger partial charge is 0.341 e. The number of hydrogen-bond acceptors (Lipinski definition) is 6. The molecule has 0 atom stereocenters. The Balaban J connectivity index is 2.24. The van der Waals surface area contributed by atoms with Crippen LogP contribution in [0.3, 0.4) is 0 Å². The normalized spacial score (nSPS) is 10.5. The second kappa shape index (κ2) is 6.62. The lowest BCUT2D eigenvalue weighted by Gasteiger charge is -2.19. The minimum atomic E-state index is -0.261. The van der Waals surface area contributed by atoms with Crippen LogP contribution in [0, 0.1) is 13.8 Å². The number of thiazole rings is 1. The zero-order chi connectivity index (χ0) is 15.4. The Kier molecular flexibility index (Phi) is 4.85. The monoisotopic (exact) mass is 305 g/mol. The zero-order valence-electron chi connectivity index (χ0n) is 12.7. The molecule has 0 saturated carbocycles. The molecule has 1 amide bonds. The first-order valence-corrected chi connectivity index (χ1v) is 7.69. The number of carbonyl (C=O) groups excluding carboxylic acids is 1. The molecule has 0 bridgehead atoms. The number of nitrogens with zero attached hydrogens (tertiary/aromatic N) is 4. The fourth-order valence-corrected chi connectivity index (χ4v) is 2.55. The van der Waals surface area contributed by atoms with Crippen molar-refractivity contribution in [2.75, 3.05) is 23.3 Å². The summed E-state index contributed by atoms with van der Waals surface area (Å²) in [7, 11) is 0. The van der Waals surface area contributed by atoms with Crippen LogP contribution in [0.5, 0.6) is 0 Å². The lowest BCUT2D eigenvalue weighted by Crippen LogP contribution is -2.26. The number of rotatable bonds is 5. The van der Waals surface area contributed by atoms with E-state index in [-0.39, 0.29) is 5.91 Å². The molecule has 2 aromatic heterocycles. The van der Waals surface area contributed by atoms with Gasteiger partial charge in [0.05, 0.1) is 0 Å². The number of amides is 1. The summed E-state index contributed by atoms with van der Waals surface area (Å²) in [6, 6.07) is 1.68. The Morgan fingerprint density at radius 1 is 1.29 bits per heavy atom. The summed E-state index contributed by atoms with van der Waals surface area (Å²) in [6.45, 7) is 9.47. The van der Waals surface area contributed by atoms with Crippen molar-refractivity contribution in [2.24, 2.45) is 0 Å². The average Bonchev–Trinajstić information content (AvgIpc) is 2.85. The van der Waals surface area contributed by atoms with Crippen molar-refractivity contribution in [1.82, 2.24) is 15.0 Å². The molecule has 0 spiro atoms. The fraction of sp³-hybridized carbons (Fsp3) is 0.429. The van der Waals surface area contributed by atoms with E-state index < -0.39 is 0 Å². The molecule has 0 aliphatic carbocycles. The molecule has 6 nitrogen and oxygen atoms in total. The van der Waals surface area contributed by atoms with Gasteiger partial charge in [-0.15, -0.1) is 11.3 Å². The fourth-order valence-electron chi connectivity index (χ4n) is 1.89. The second-order valence-corrected chi connectivity index (χ2v) is 5.83. The number of nitrogens with one attached hydrogen (secondary N) is 1. The Bertz CT molecular complexity index is 636. The van der Waals surface area contributed by atoms with Gasteiger partial charge in [0.1, 0.15) is 5.69 Å². The van der Waals surface area contributed by atoms with Gasteiger partial charge < -0.3 is 4.90 Å². The van der Waals surface area contributed by atoms with Crippen molar-refractivity contribution in [1.29, 1.82) is 0 Å². The molecular formula is C14H19N5OS. The molecule has 0 radical (unpaired) electrons. The molecule has 2 rings (SSSR count). The smallest absolute Gasteiger partial charge is 0.276 e. The van der Waals surface area contributed by atoms with Crippen LogP contribution in [0.15, 0.2) is 12.3 Å². The van der Waals surface area contributed by atoms with Crippen molar-refractivity contribution in [3.05, 3.63) is 28.5 Å². The van der Waals surface area contributed by atoms with Crippen LogP contribution in [-0.2, 0) is 0 Å². The number of anilines is 2. The molecule has 0 saturated heterocycles. The molecule has 0 aliphatic heterocycles. The molecule has 7 heteroatoms. The van der Waals surface area contributed by atoms with Crippen LogP contribution in [0.1, 0.15) is 34.9 Å². The van der Waals surface area contributed by atoms with E-state index in [0.717, 1.165) is 23.7 Å². The molecule has 1 N–H and O–H groups in total. The minimum absolute atomic E-state index is 0.261. The van der Waals surface area contributed by atoms with Gasteiger partial charge in [0.15, 0.2) is 5.13 Å². The first-order chi connectivity index (χ1) is 10.0. The van der Waals surface area contributed by atoms with Gasteiger partial charge in [-0.2, -0.15) is 0 Å². The molecule has 2 aromatic rings. The van der Waals surface area contributed by atoms with Gasteiger partial charge in [-0.05, 0) is 33.8 Å². The standard InChI is InChI=1S/C14H19N5OS/c1-5-19(6-2)13-16-9(3)7-11(17-13)12(20)18-14-15-8-10(4)21-14/h7-8H,5-6H2,1-4H3,(H,15,18,20). The first kappa shape index (κ1) is 15.4. The molecule has 0 aromatic carbocycles. The maximum atomic E-state index is 12.3. The summed E-state index contributed by atoms with van der Waals surface area (Å²) >= 11 is 1.44. The highest BCUT2D eigenvalue weighted by atomic mass is 32.1. The zero-order valence-corrected chi connectivity index (χ0v) is 13.5. The molecule has 0 unspecified atom stereocenters. The maximum Gasteiger partial charge on any atom is 0.276 e. The Morgan fingerprint density at radius 3 is 2.57 bits per heavy atom. The van der Waals surface area contributed by atoms with Crippen molar-refractivity contribution in [3.63, 3.8) is 0 Å². The van der Waals surface area contributed by atoms with Crippen LogP contribution >= 0.6 is 11.3 Å². The van der Waals surface area contributed by atoms with Gasteiger partial charge in [0, 0.05) is 29.9 Å². The summed E-state index contributed by atoms with van der Waals surface area (Å²) in [6.07, 6.45) is 1.73.